The third kappa shape index (κ3) is 6.66. The molecule has 0 aromatic heterocycles. The third-order valence-corrected chi connectivity index (χ3v) is 3.65. The van der Waals surface area contributed by atoms with Gasteiger partial charge in [-0.2, -0.15) is 5.26 Å². The molecule has 0 saturated carbocycles. The number of nitrogens with zero attached hydrogens (tertiary/aromatic N) is 2. The first-order valence-electron chi connectivity index (χ1n) is 8.77. The van der Waals surface area contributed by atoms with Crippen LogP contribution in [0.1, 0.15) is 33.3 Å². The Bertz CT molecular complexity index is 730. The topological polar surface area (TPSA) is 88.9 Å². The number of amides is 1. The summed E-state index contributed by atoms with van der Waals surface area (Å²) in [6.45, 7) is 8.35. The highest BCUT2D eigenvalue weighted by atomic mass is 16.5. The molecule has 0 spiro atoms. The van der Waals surface area contributed by atoms with Gasteiger partial charge in [-0.1, -0.05) is 6.07 Å². The molecular weight excluding hydrogens is 348 g/mol. The second-order valence-corrected chi connectivity index (χ2v) is 5.89. The van der Waals surface area contributed by atoms with Crippen molar-refractivity contribution in [1.29, 1.82) is 5.26 Å². The Kier molecular flexibility index (Phi) is 8.86. The number of benzene rings is 1. The maximum absolute atomic E-state index is 12.1. The molecule has 0 fully saturated rings. The van der Waals surface area contributed by atoms with Crippen molar-refractivity contribution in [3.63, 3.8) is 0 Å². The normalized spacial score (nSPS) is 10.9. The summed E-state index contributed by atoms with van der Waals surface area (Å²) in [5.41, 5.74) is 0.461. The van der Waals surface area contributed by atoms with Crippen LogP contribution in [0.15, 0.2) is 23.8 Å². The second kappa shape index (κ2) is 10.9. The number of methoxy groups -OCH3 is 1. The Balaban J connectivity index is 2.96. The number of rotatable bonds is 9. The van der Waals surface area contributed by atoms with Crippen molar-refractivity contribution >= 4 is 18.0 Å². The summed E-state index contributed by atoms with van der Waals surface area (Å²) in [7, 11) is 1.47. The summed E-state index contributed by atoms with van der Waals surface area (Å²) in [5.74, 6) is -0.00475. The van der Waals surface area contributed by atoms with E-state index in [1.807, 2.05) is 19.9 Å². The summed E-state index contributed by atoms with van der Waals surface area (Å²) in [4.78, 5) is 25.6. The van der Waals surface area contributed by atoms with Gasteiger partial charge in [0.05, 0.1) is 13.2 Å². The van der Waals surface area contributed by atoms with Crippen LogP contribution in [0.3, 0.4) is 0 Å². The first-order valence-corrected chi connectivity index (χ1v) is 8.77. The van der Waals surface area contributed by atoms with E-state index in [9.17, 15) is 14.9 Å². The molecule has 0 saturated heterocycles. The van der Waals surface area contributed by atoms with Crippen LogP contribution in [0, 0.1) is 11.3 Å². The number of ether oxygens (including phenoxy) is 3. The van der Waals surface area contributed by atoms with Gasteiger partial charge in [-0.05, 0) is 51.5 Å². The van der Waals surface area contributed by atoms with Gasteiger partial charge in [0.2, 0.25) is 0 Å². The molecule has 7 heteroatoms. The fourth-order valence-corrected chi connectivity index (χ4v) is 2.28. The summed E-state index contributed by atoms with van der Waals surface area (Å²) >= 11 is 0. The Morgan fingerprint density at radius 3 is 2.41 bits per heavy atom. The largest absolute Gasteiger partial charge is 0.493 e. The van der Waals surface area contributed by atoms with Crippen molar-refractivity contribution in [2.24, 2.45) is 0 Å². The van der Waals surface area contributed by atoms with Gasteiger partial charge in [-0.25, -0.2) is 4.79 Å². The molecule has 27 heavy (non-hydrogen) atoms. The van der Waals surface area contributed by atoms with Crippen molar-refractivity contribution in [2.45, 2.75) is 33.8 Å². The number of esters is 1. The molecular formula is C20H26N2O5. The molecule has 0 radical (unpaired) electrons. The zero-order valence-corrected chi connectivity index (χ0v) is 16.4. The van der Waals surface area contributed by atoms with Crippen molar-refractivity contribution in [1.82, 2.24) is 4.90 Å². The minimum atomic E-state index is -0.684. The van der Waals surface area contributed by atoms with Gasteiger partial charge in [-0.3, -0.25) is 4.79 Å². The Morgan fingerprint density at radius 2 is 1.89 bits per heavy atom. The SMILES string of the molecule is CCN(CC)C(=O)COc1ccc(/C=C(\C#N)C(=O)OC(C)C)cc1OC. The predicted octanol–water partition coefficient (Wildman–Crippen LogP) is 2.80. The number of carbonyl (C=O) groups excluding carboxylic acids is 2. The van der Waals surface area contributed by atoms with Gasteiger partial charge in [0.25, 0.3) is 5.91 Å². The third-order valence-electron chi connectivity index (χ3n) is 3.65. The summed E-state index contributed by atoms with van der Waals surface area (Å²) in [5, 5.41) is 9.18. The molecule has 0 aliphatic carbocycles. The van der Waals surface area contributed by atoms with Crippen LogP contribution in [0.25, 0.3) is 6.08 Å². The average Bonchev–Trinajstić information content (AvgIpc) is 2.64. The van der Waals surface area contributed by atoms with Gasteiger partial charge >= 0.3 is 5.97 Å². The van der Waals surface area contributed by atoms with Gasteiger partial charge < -0.3 is 19.1 Å². The molecule has 0 heterocycles. The molecule has 0 aliphatic heterocycles. The highest BCUT2D eigenvalue weighted by Crippen LogP contribution is 2.29. The summed E-state index contributed by atoms with van der Waals surface area (Å²) < 4.78 is 15.9. The maximum atomic E-state index is 12.1. The molecule has 1 rings (SSSR count). The Morgan fingerprint density at radius 1 is 1.22 bits per heavy atom. The molecule has 7 nitrogen and oxygen atoms in total. The standard InChI is InChI=1S/C20H26N2O5/c1-6-22(7-2)19(23)13-26-17-9-8-15(11-18(17)25-5)10-16(12-21)20(24)27-14(3)4/h8-11,14H,6-7,13H2,1-5H3/b16-10+. The number of hydrogen-bond donors (Lipinski definition) is 0. The fraction of sp³-hybridized carbons (Fsp3) is 0.450. The monoisotopic (exact) mass is 374 g/mol. The zero-order valence-electron chi connectivity index (χ0n) is 16.4. The van der Waals surface area contributed by atoms with E-state index in [0.29, 0.717) is 30.2 Å². The van der Waals surface area contributed by atoms with Crippen LogP contribution in [0.2, 0.25) is 0 Å². The van der Waals surface area contributed by atoms with Crippen LogP contribution >= 0.6 is 0 Å². The maximum Gasteiger partial charge on any atom is 0.349 e. The number of hydrogen-bond acceptors (Lipinski definition) is 6. The Hall–Kier alpha value is -3.01. The lowest BCUT2D eigenvalue weighted by molar-refractivity contribution is -0.142. The van der Waals surface area contributed by atoms with Crippen molar-refractivity contribution < 1.29 is 23.8 Å². The lowest BCUT2D eigenvalue weighted by atomic mass is 10.1. The van der Waals surface area contributed by atoms with E-state index in [2.05, 4.69) is 0 Å². The molecule has 1 aromatic rings. The van der Waals surface area contributed by atoms with E-state index in [0.717, 1.165) is 0 Å². The van der Waals surface area contributed by atoms with Crippen molar-refractivity contribution in [3.8, 4) is 17.6 Å². The van der Waals surface area contributed by atoms with Crippen LogP contribution in [-0.2, 0) is 14.3 Å². The van der Waals surface area contributed by atoms with Gasteiger partial charge in [0, 0.05) is 13.1 Å². The molecule has 0 atom stereocenters. The number of nitriles is 1. The summed E-state index contributed by atoms with van der Waals surface area (Å²) in [6, 6.07) is 6.75. The van der Waals surface area contributed by atoms with Gasteiger partial charge in [-0.15, -0.1) is 0 Å². The second-order valence-electron chi connectivity index (χ2n) is 5.89. The van der Waals surface area contributed by atoms with E-state index in [4.69, 9.17) is 14.2 Å². The first-order chi connectivity index (χ1) is 12.9. The quantitative estimate of drug-likeness (QED) is 0.375. The zero-order chi connectivity index (χ0) is 20.4. The molecule has 1 amide bonds. The van der Waals surface area contributed by atoms with Crippen LogP contribution in [0.5, 0.6) is 11.5 Å². The van der Waals surface area contributed by atoms with Crippen molar-refractivity contribution in [3.05, 3.63) is 29.3 Å². The number of carbonyl (C=O) groups is 2. The molecule has 0 unspecified atom stereocenters. The van der Waals surface area contributed by atoms with Gasteiger partial charge in [0.1, 0.15) is 11.6 Å². The summed E-state index contributed by atoms with van der Waals surface area (Å²) in [6.07, 6.45) is 1.10. The van der Waals surface area contributed by atoms with E-state index in [1.54, 1.807) is 36.9 Å². The molecule has 0 bridgehead atoms. The lowest BCUT2D eigenvalue weighted by Crippen LogP contribution is -2.34. The molecule has 0 aliphatic rings. The van der Waals surface area contributed by atoms with Crippen LogP contribution < -0.4 is 9.47 Å². The number of likely N-dealkylation sites (N-methyl/N-ethyl adjacent to an activating group) is 1. The lowest BCUT2D eigenvalue weighted by Gasteiger charge is -2.19. The fourth-order valence-electron chi connectivity index (χ4n) is 2.28. The Labute approximate surface area is 160 Å². The van der Waals surface area contributed by atoms with E-state index < -0.39 is 5.97 Å². The predicted molar refractivity (Wildman–Crippen MR) is 101 cm³/mol. The highest BCUT2D eigenvalue weighted by Gasteiger charge is 2.15. The molecule has 0 N–H and O–H groups in total. The smallest absolute Gasteiger partial charge is 0.349 e. The van der Waals surface area contributed by atoms with E-state index in [-0.39, 0.29) is 24.2 Å². The first kappa shape index (κ1) is 22.0. The molecule has 146 valence electrons. The van der Waals surface area contributed by atoms with Gasteiger partial charge in [0.15, 0.2) is 18.1 Å². The minimum Gasteiger partial charge on any atom is -0.493 e. The minimum absolute atomic E-state index is 0.0998. The average molecular weight is 374 g/mol. The van der Waals surface area contributed by atoms with Crippen LogP contribution in [0.4, 0.5) is 0 Å². The van der Waals surface area contributed by atoms with E-state index in [1.165, 1.54) is 13.2 Å². The van der Waals surface area contributed by atoms with Crippen LogP contribution in [-0.4, -0.2) is 49.7 Å². The van der Waals surface area contributed by atoms with Crippen molar-refractivity contribution in [2.75, 3.05) is 26.8 Å². The van der Waals surface area contributed by atoms with E-state index >= 15 is 0 Å². The molecule has 1 aromatic carbocycles. The highest BCUT2D eigenvalue weighted by molar-refractivity contribution is 5.98.